The van der Waals surface area contributed by atoms with Gasteiger partial charge < -0.3 is 15.4 Å². The quantitative estimate of drug-likeness (QED) is 0.899. The van der Waals surface area contributed by atoms with Gasteiger partial charge in [-0.15, -0.1) is 0 Å². The van der Waals surface area contributed by atoms with Crippen LogP contribution >= 0.6 is 0 Å². The third-order valence-electron chi connectivity index (χ3n) is 3.96. The summed E-state index contributed by atoms with van der Waals surface area (Å²) in [5, 5.41) is 6.46. The van der Waals surface area contributed by atoms with Gasteiger partial charge in [0.15, 0.2) is 0 Å². The molecule has 1 saturated heterocycles. The van der Waals surface area contributed by atoms with E-state index in [1.807, 2.05) is 6.07 Å². The van der Waals surface area contributed by atoms with Crippen LogP contribution in [0.4, 0.5) is 0 Å². The molecule has 0 aliphatic carbocycles. The predicted octanol–water partition coefficient (Wildman–Crippen LogP) is 2.58. The molecule has 122 valence electrons. The minimum Gasteiger partial charge on any atom is -0.375 e. The maximum Gasteiger partial charge on any atom is 0.223 e. The lowest BCUT2D eigenvalue weighted by atomic mass is 9.82. The largest absolute Gasteiger partial charge is 0.375 e. The Morgan fingerprint density at radius 1 is 1.45 bits per heavy atom. The van der Waals surface area contributed by atoms with Crippen molar-refractivity contribution in [3.63, 3.8) is 0 Å². The van der Waals surface area contributed by atoms with E-state index in [0.29, 0.717) is 13.0 Å². The molecule has 0 bridgehead atoms. The van der Waals surface area contributed by atoms with Crippen molar-refractivity contribution in [2.45, 2.75) is 46.3 Å². The molecule has 2 unspecified atom stereocenters. The van der Waals surface area contributed by atoms with Crippen LogP contribution in [0, 0.1) is 12.3 Å². The molecular weight excluding hydrogens is 276 g/mol. The van der Waals surface area contributed by atoms with Gasteiger partial charge in [0.05, 0.1) is 25.2 Å². The topological polar surface area (TPSA) is 50.4 Å². The number of morpholine rings is 1. The van der Waals surface area contributed by atoms with Crippen molar-refractivity contribution in [1.82, 2.24) is 10.6 Å². The lowest BCUT2D eigenvalue weighted by Crippen LogP contribution is -2.43. The molecule has 4 heteroatoms. The summed E-state index contributed by atoms with van der Waals surface area (Å²) in [7, 11) is 0. The number of carbonyl (C=O) groups excluding carboxylic acids is 1. The zero-order valence-corrected chi connectivity index (χ0v) is 14.1. The number of ether oxygens (including phenoxy) is 1. The van der Waals surface area contributed by atoms with Crippen molar-refractivity contribution < 1.29 is 9.53 Å². The first-order valence-electron chi connectivity index (χ1n) is 8.04. The molecule has 22 heavy (non-hydrogen) atoms. The van der Waals surface area contributed by atoms with Gasteiger partial charge in [-0.25, -0.2) is 0 Å². The van der Waals surface area contributed by atoms with Gasteiger partial charge >= 0.3 is 0 Å². The number of carbonyl (C=O) groups is 1. The fourth-order valence-electron chi connectivity index (χ4n) is 2.83. The number of amides is 1. The number of aryl methyl sites for hydroxylation is 1. The van der Waals surface area contributed by atoms with E-state index in [1.54, 1.807) is 0 Å². The van der Waals surface area contributed by atoms with Crippen molar-refractivity contribution in [3.8, 4) is 0 Å². The average molecular weight is 304 g/mol. The molecule has 0 radical (unpaired) electrons. The molecule has 1 fully saturated rings. The van der Waals surface area contributed by atoms with Crippen LogP contribution in [0.15, 0.2) is 24.3 Å². The van der Waals surface area contributed by atoms with Crippen LogP contribution in [0.25, 0.3) is 0 Å². The van der Waals surface area contributed by atoms with Gasteiger partial charge in [0.1, 0.15) is 0 Å². The Hall–Kier alpha value is -1.39. The summed E-state index contributed by atoms with van der Waals surface area (Å²) in [4.78, 5) is 12.4. The molecule has 2 atom stereocenters. The van der Waals surface area contributed by atoms with Crippen molar-refractivity contribution >= 4 is 5.91 Å². The first-order valence-corrected chi connectivity index (χ1v) is 8.04. The van der Waals surface area contributed by atoms with Crippen LogP contribution in [0.5, 0.6) is 0 Å². The molecule has 4 nitrogen and oxygen atoms in total. The third-order valence-corrected chi connectivity index (χ3v) is 3.96. The van der Waals surface area contributed by atoms with Gasteiger partial charge in [0.2, 0.25) is 5.91 Å². The van der Waals surface area contributed by atoms with E-state index in [1.165, 1.54) is 5.56 Å². The highest BCUT2D eigenvalue weighted by atomic mass is 16.5. The molecule has 1 aromatic carbocycles. The molecule has 0 spiro atoms. The summed E-state index contributed by atoms with van der Waals surface area (Å²) in [6, 6.07) is 8.35. The van der Waals surface area contributed by atoms with E-state index < -0.39 is 0 Å². The van der Waals surface area contributed by atoms with Gasteiger partial charge in [0.25, 0.3) is 0 Å². The monoisotopic (exact) mass is 304 g/mol. The number of rotatable bonds is 4. The second-order valence-corrected chi connectivity index (χ2v) is 7.18. The Bertz CT molecular complexity index is 502. The van der Waals surface area contributed by atoms with Crippen LogP contribution in [0.1, 0.15) is 44.4 Å². The van der Waals surface area contributed by atoms with Crippen molar-refractivity contribution in [3.05, 3.63) is 35.4 Å². The molecule has 1 amide bonds. The zero-order valence-electron chi connectivity index (χ0n) is 14.1. The van der Waals surface area contributed by atoms with Crippen LogP contribution in [0.2, 0.25) is 0 Å². The molecule has 1 heterocycles. The first kappa shape index (κ1) is 17.0. The molecule has 2 N–H and O–H groups in total. The number of hydrogen-bond acceptors (Lipinski definition) is 3. The number of benzene rings is 1. The average Bonchev–Trinajstić information content (AvgIpc) is 2.44. The molecule has 2 rings (SSSR count). The SMILES string of the molecule is Cc1cccc(C(NC(=O)CC2CNCCO2)C(C)(C)C)c1. The summed E-state index contributed by atoms with van der Waals surface area (Å²) >= 11 is 0. The molecule has 0 saturated carbocycles. The lowest BCUT2D eigenvalue weighted by Gasteiger charge is -2.33. The molecule has 1 aliphatic heterocycles. The Labute approximate surface area is 133 Å². The standard InChI is InChI=1S/C18H28N2O2/c1-13-6-5-7-14(10-13)17(18(2,3)4)20-16(21)11-15-12-19-8-9-22-15/h5-7,10,15,17,19H,8-9,11-12H2,1-4H3,(H,20,21). The van der Waals surface area contributed by atoms with Gasteiger partial charge in [-0.2, -0.15) is 0 Å². The fourth-order valence-corrected chi connectivity index (χ4v) is 2.83. The first-order chi connectivity index (χ1) is 10.4. The van der Waals surface area contributed by atoms with Gasteiger partial charge in [-0.05, 0) is 17.9 Å². The van der Waals surface area contributed by atoms with Crippen LogP contribution in [-0.4, -0.2) is 31.7 Å². The highest BCUT2D eigenvalue weighted by Crippen LogP contribution is 2.33. The van der Waals surface area contributed by atoms with Gasteiger partial charge in [-0.1, -0.05) is 50.6 Å². The van der Waals surface area contributed by atoms with Crippen LogP contribution in [-0.2, 0) is 9.53 Å². The minimum absolute atomic E-state index is 0.00329. The van der Waals surface area contributed by atoms with E-state index in [2.05, 4.69) is 56.5 Å². The Kier molecular flexibility index (Phi) is 5.59. The molecule has 0 aromatic heterocycles. The highest BCUT2D eigenvalue weighted by molar-refractivity contribution is 5.77. The highest BCUT2D eigenvalue weighted by Gasteiger charge is 2.29. The second kappa shape index (κ2) is 7.25. The molecule has 1 aromatic rings. The van der Waals surface area contributed by atoms with E-state index >= 15 is 0 Å². The zero-order chi connectivity index (χ0) is 16.2. The van der Waals surface area contributed by atoms with Crippen molar-refractivity contribution in [2.75, 3.05) is 19.7 Å². The van der Waals surface area contributed by atoms with E-state index in [-0.39, 0.29) is 23.5 Å². The third kappa shape index (κ3) is 4.82. The normalized spacial score (nSPS) is 20.5. The smallest absolute Gasteiger partial charge is 0.223 e. The van der Waals surface area contributed by atoms with Crippen LogP contribution in [0.3, 0.4) is 0 Å². The number of nitrogens with one attached hydrogen (secondary N) is 2. The lowest BCUT2D eigenvalue weighted by molar-refractivity contribution is -0.126. The minimum atomic E-state index is -0.0465. The van der Waals surface area contributed by atoms with Crippen LogP contribution < -0.4 is 10.6 Å². The summed E-state index contributed by atoms with van der Waals surface area (Å²) in [5.74, 6) is 0.0510. The number of hydrogen-bond donors (Lipinski definition) is 2. The van der Waals surface area contributed by atoms with Crippen molar-refractivity contribution in [1.29, 1.82) is 0 Å². The summed E-state index contributed by atoms with van der Waals surface area (Å²) < 4.78 is 5.62. The Morgan fingerprint density at radius 2 is 2.23 bits per heavy atom. The Balaban J connectivity index is 2.05. The molecular formula is C18H28N2O2. The van der Waals surface area contributed by atoms with Crippen molar-refractivity contribution in [2.24, 2.45) is 5.41 Å². The predicted molar refractivity (Wildman–Crippen MR) is 88.7 cm³/mol. The van der Waals surface area contributed by atoms with E-state index in [9.17, 15) is 4.79 Å². The maximum absolute atomic E-state index is 12.4. The fraction of sp³-hybridized carbons (Fsp3) is 0.611. The summed E-state index contributed by atoms with van der Waals surface area (Å²) in [5.41, 5.74) is 2.32. The van der Waals surface area contributed by atoms with Gasteiger partial charge in [0, 0.05) is 13.1 Å². The molecule has 1 aliphatic rings. The summed E-state index contributed by atoms with van der Waals surface area (Å²) in [6.07, 6.45) is 0.387. The maximum atomic E-state index is 12.4. The Morgan fingerprint density at radius 3 is 2.82 bits per heavy atom. The van der Waals surface area contributed by atoms with Gasteiger partial charge in [-0.3, -0.25) is 4.79 Å². The van der Waals surface area contributed by atoms with E-state index in [0.717, 1.165) is 18.7 Å². The van der Waals surface area contributed by atoms with E-state index in [4.69, 9.17) is 4.74 Å². The summed E-state index contributed by atoms with van der Waals surface area (Å²) in [6.45, 7) is 10.8. The second-order valence-electron chi connectivity index (χ2n) is 7.18.